The Morgan fingerprint density at radius 3 is 2.83 bits per heavy atom. The minimum Gasteiger partial charge on any atom is -0.497 e. The highest BCUT2D eigenvalue weighted by molar-refractivity contribution is 5.28. The normalized spacial score (nSPS) is 10.3. The first kappa shape index (κ1) is 12.2. The second-order valence-electron chi connectivity index (χ2n) is 4.02. The smallest absolute Gasteiger partial charge is 0.328 e. The summed E-state index contributed by atoms with van der Waals surface area (Å²) in [6, 6.07) is 7.28. The number of hydrogen-bond donors (Lipinski definition) is 1. The molecule has 1 aromatic carbocycles. The molecular weight excluding hydrogens is 232 g/mol. The van der Waals surface area contributed by atoms with E-state index in [0.29, 0.717) is 11.3 Å². The molecule has 1 aromatic heterocycles. The van der Waals surface area contributed by atoms with Crippen molar-refractivity contribution < 1.29 is 4.74 Å². The van der Waals surface area contributed by atoms with E-state index in [-0.39, 0.29) is 12.1 Å². The largest absolute Gasteiger partial charge is 0.497 e. The topological polar surface area (TPSA) is 64.1 Å². The summed E-state index contributed by atoms with van der Waals surface area (Å²) in [6.45, 7) is 1.90. The van der Waals surface area contributed by atoms with Gasteiger partial charge in [0.05, 0.1) is 13.7 Å². The molecule has 0 aliphatic carbocycles. The lowest BCUT2D eigenvalue weighted by molar-refractivity contribution is 0.414. The lowest BCUT2D eigenvalue weighted by Gasteiger charge is -2.07. The van der Waals surface area contributed by atoms with E-state index in [9.17, 15) is 9.59 Å². The van der Waals surface area contributed by atoms with Gasteiger partial charge in [-0.2, -0.15) is 0 Å². The molecule has 0 bridgehead atoms. The molecule has 94 valence electrons. The monoisotopic (exact) mass is 246 g/mol. The van der Waals surface area contributed by atoms with E-state index < -0.39 is 5.69 Å². The molecular formula is C13H14N2O3. The van der Waals surface area contributed by atoms with Gasteiger partial charge in [0.25, 0.3) is 5.56 Å². The summed E-state index contributed by atoms with van der Waals surface area (Å²) in [5, 5.41) is 0. The Hall–Kier alpha value is -2.30. The second-order valence-corrected chi connectivity index (χ2v) is 4.02. The molecule has 18 heavy (non-hydrogen) atoms. The Balaban J connectivity index is 2.43. The third-order valence-electron chi connectivity index (χ3n) is 2.71. The van der Waals surface area contributed by atoms with Crippen LogP contribution < -0.4 is 16.0 Å². The van der Waals surface area contributed by atoms with E-state index in [1.165, 1.54) is 10.8 Å². The first-order chi connectivity index (χ1) is 8.61. The summed E-state index contributed by atoms with van der Waals surface area (Å²) in [6.07, 6.45) is 1.42. The van der Waals surface area contributed by atoms with Crippen molar-refractivity contribution in [1.82, 2.24) is 9.55 Å². The van der Waals surface area contributed by atoms with Gasteiger partial charge in [0, 0.05) is 11.8 Å². The molecule has 0 spiro atoms. The number of rotatable bonds is 3. The molecule has 0 fully saturated rings. The van der Waals surface area contributed by atoms with Gasteiger partial charge in [0.2, 0.25) is 0 Å². The Morgan fingerprint density at radius 1 is 1.33 bits per heavy atom. The molecule has 0 unspecified atom stereocenters. The highest BCUT2D eigenvalue weighted by Gasteiger charge is 2.05. The van der Waals surface area contributed by atoms with Crippen LogP contribution in [0.25, 0.3) is 0 Å². The Morgan fingerprint density at radius 2 is 2.11 bits per heavy atom. The first-order valence-corrected chi connectivity index (χ1v) is 5.54. The van der Waals surface area contributed by atoms with Crippen molar-refractivity contribution in [3.63, 3.8) is 0 Å². The molecule has 0 radical (unpaired) electrons. The van der Waals surface area contributed by atoms with Crippen molar-refractivity contribution in [3.8, 4) is 5.75 Å². The SMILES string of the molecule is COc1cccc(Cn2c(=O)[nH]cc(C)c2=O)c1. The van der Waals surface area contributed by atoms with Crippen LogP contribution in [0.15, 0.2) is 40.1 Å². The third-order valence-corrected chi connectivity index (χ3v) is 2.71. The van der Waals surface area contributed by atoms with Gasteiger partial charge in [-0.1, -0.05) is 12.1 Å². The van der Waals surface area contributed by atoms with Crippen molar-refractivity contribution in [1.29, 1.82) is 0 Å². The van der Waals surface area contributed by atoms with Crippen LogP contribution in [0.1, 0.15) is 11.1 Å². The van der Waals surface area contributed by atoms with Gasteiger partial charge < -0.3 is 9.72 Å². The van der Waals surface area contributed by atoms with Crippen LogP contribution in [-0.4, -0.2) is 16.7 Å². The number of aromatic amines is 1. The molecule has 0 aliphatic heterocycles. The van der Waals surface area contributed by atoms with E-state index in [1.807, 2.05) is 18.2 Å². The summed E-state index contributed by atoms with van der Waals surface area (Å²) in [5.41, 5.74) is 0.667. The van der Waals surface area contributed by atoms with Gasteiger partial charge in [-0.25, -0.2) is 4.79 Å². The summed E-state index contributed by atoms with van der Waals surface area (Å²) in [4.78, 5) is 26.0. The van der Waals surface area contributed by atoms with E-state index in [4.69, 9.17) is 4.74 Å². The number of hydrogen-bond acceptors (Lipinski definition) is 3. The average Bonchev–Trinajstić information content (AvgIpc) is 2.39. The average molecular weight is 246 g/mol. The number of aromatic nitrogens is 2. The van der Waals surface area contributed by atoms with Crippen LogP contribution in [0.3, 0.4) is 0 Å². The van der Waals surface area contributed by atoms with Crippen LogP contribution in [-0.2, 0) is 6.54 Å². The molecule has 0 saturated carbocycles. The molecule has 5 heteroatoms. The first-order valence-electron chi connectivity index (χ1n) is 5.54. The van der Waals surface area contributed by atoms with E-state index >= 15 is 0 Å². The lowest BCUT2D eigenvalue weighted by atomic mass is 10.2. The lowest BCUT2D eigenvalue weighted by Crippen LogP contribution is -2.36. The van der Waals surface area contributed by atoms with Gasteiger partial charge in [0.15, 0.2) is 0 Å². The van der Waals surface area contributed by atoms with Crippen LogP contribution in [0.4, 0.5) is 0 Å². The predicted molar refractivity (Wildman–Crippen MR) is 68.2 cm³/mol. The fourth-order valence-corrected chi connectivity index (χ4v) is 1.71. The zero-order valence-electron chi connectivity index (χ0n) is 10.3. The third kappa shape index (κ3) is 2.34. The van der Waals surface area contributed by atoms with Gasteiger partial charge in [0.1, 0.15) is 5.75 Å². The number of benzene rings is 1. The van der Waals surface area contributed by atoms with E-state index in [2.05, 4.69) is 4.98 Å². The summed E-state index contributed by atoms with van der Waals surface area (Å²) in [5.74, 6) is 0.699. The summed E-state index contributed by atoms with van der Waals surface area (Å²) < 4.78 is 6.27. The highest BCUT2D eigenvalue weighted by Crippen LogP contribution is 2.12. The number of nitrogens with zero attached hydrogens (tertiary/aromatic N) is 1. The highest BCUT2D eigenvalue weighted by atomic mass is 16.5. The molecule has 0 amide bonds. The van der Waals surface area contributed by atoms with Gasteiger partial charge in [-0.15, -0.1) is 0 Å². The maximum Gasteiger partial charge on any atom is 0.328 e. The van der Waals surface area contributed by atoms with Crippen molar-refractivity contribution >= 4 is 0 Å². The van der Waals surface area contributed by atoms with Crippen LogP contribution in [0.5, 0.6) is 5.75 Å². The van der Waals surface area contributed by atoms with Gasteiger partial charge >= 0.3 is 5.69 Å². The summed E-state index contributed by atoms with van der Waals surface area (Å²) in [7, 11) is 1.57. The van der Waals surface area contributed by atoms with Crippen LogP contribution in [0, 0.1) is 6.92 Å². The number of nitrogens with one attached hydrogen (secondary N) is 1. The van der Waals surface area contributed by atoms with Crippen molar-refractivity contribution in [3.05, 3.63) is 62.4 Å². The maximum atomic E-state index is 11.9. The predicted octanol–water partition coefficient (Wildman–Crippen LogP) is 0.902. The standard InChI is InChI=1S/C13H14N2O3/c1-9-7-14-13(17)15(12(9)16)8-10-4-3-5-11(6-10)18-2/h3-7H,8H2,1-2H3,(H,14,17). The number of H-pyrrole nitrogens is 1. The fraction of sp³-hybridized carbons (Fsp3) is 0.231. The Labute approximate surface area is 104 Å². The van der Waals surface area contributed by atoms with Crippen LogP contribution in [0.2, 0.25) is 0 Å². The molecule has 5 nitrogen and oxygen atoms in total. The molecule has 1 N–H and O–H groups in total. The fourth-order valence-electron chi connectivity index (χ4n) is 1.71. The van der Waals surface area contributed by atoms with Gasteiger partial charge in [-0.05, 0) is 24.6 Å². The maximum absolute atomic E-state index is 11.9. The Kier molecular flexibility index (Phi) is 3.32. The molecule has 0 saturated heterocycles. The minimum atomic E-state index is -0.409. The van der Waals surface area contributed by atoms with Crippen molar-refractivity contribution in [2.24, 2.45) is 0 Å². The number of methoxy groups -OCH3 is 1. The molecule has 2 rings (SSSR count). The summed E-state index contributed by atoms with van der Waals surface area (Å²) >= 11 is 0. The van der Waals surface area contributed by atoms with Crippen LogP contribution >= 0.6 is 0 Å². The van der Waals surface area contributed by atoms with Crippen molar-refractivity contribution in [2.75, 3.05) is 7.11 Å². The second kappa shape index (κ2) is 4.91. The zero-order chi connectivity index (χ0) is 13.1. The quantitative estimate of drug-likeness (QED) is 0.875. The number of aryl methyl sites for hydroxylation is 1. The molecule has 2 aromatic rings. The zero-order valence-corrected chi connectivity index (χ0v) is 10.3. The number of ether oxygens (including phenoxy) is 1. The molecule has 0 aliphatic rings. The van der Waals surface area contributed by atoms with Crippen molar-refractivity contribution in [2.45, 2.75) is 13.5 Å². The molecule has 0 atom stereocenters. The Bertz CT molecular complexity index is 670. The van der Waals surface area contributed by atoms with E-state index in [0.717, 1.165) is 5.56 Å². The van der Waals surface area contributed by atoms with Gasteiger partial charge in [-0.3, -0.25) is 9.36 Å². The van der Waals surface area contributed by atoms with E-state index in [1.54, 1.807) is 20.1 Å². The molecule has 1 heterocycles. The minimum absolute atomic E-state index is 0.229.